The van der Waals surface area contributed by atoms with Gasteiger partial charge in [-0.2, -0.15) is 5.10 Å². The van der Waals surface area contributed by atoms with Gasteiger partial charge in [0, 0.05) is 19.0 Å². The SMILES string of the molecule is [O-]N1C=C(Cc2ccccc2)C(Cc2ccccc2)=NN1. The van der Waals surface area contributed by atoms with Crippen LogP contribution in [0.25, 0.3) is 0 Å². The first-order valence-corrected chi connectivity index (χ1v) is 6.89. The standard InChI is InChI=1S/C17H16N3O/c21-20-13-16(11-14-7-3-1-4-8-14)17(18-19-20)12-15-9-5-2-6-10-15/h1-10,13,19H,11-12H2/q-1. The molecule has 0 radical (unpaired) electrons. The van der Waals surface area contributed by atoms with Gasteiger partial charge in [-0.3, -0.25) is 0 Å². The monoisotopic (exact) mass is 278 g/mol. The lowest BCUT2D eigenvalue weighted by Gasteiger charge is -2.31. The summed E-state index contributed by atoms with van der Waals surface area (Å²) in [6, 6.07) is 20.2. The second kappa shape index (κ2) is 6.24. The van der Waals surface area contributed by atoms with E-state index in [4.69, 9.17) is 0 Å². The molecule has 1 N–H and O–H groups in total. The number of rotatable bonds is 4. The fourth-order valence-corrected chi connectivity index (χ4v) is 2.33. The van der Waals surface area contributed by atoms with Crippen molar-refractivity contribution in [3.05, 3.63) is 88.8 Å². The molecule has 106 valence electrons. The third kappa shape index (κ3) is 3.49. The lowest BCUT2D eigenvalue weighted by atomic mass is 9.97. The Balaban J connectivity index is 1.80. The zero-order valence-electron chi connectivity index (χ0n) is 11.6. The summed E-state index contributed by atoms with van der Waals surface area (Å²) in [6.07, 6.45) is 2.98. The molecule has 0 aliphatic carbocycles. The Hall–Kier alpha value is -2.59. The summed E-state index contributed by atoms with van der Waals surface area (Å²) in [5.41, 5.74) is 6.64. The van der Waals surface area contributed by atoms with Crippen LogP contribution in [0.5, 0.6) is 0 Å². The molecular weight excluding hydrogens is 262 g/mol. The maximum Gasteiger partial charge on any atom is 0.0716 e. The molecule has 0 saturated heterocycles. The van der Waals surface area contributed by atoms with E-state index in [1.807, 2.05) is 36.4 Å². The highest BCUT2D eigenvalue weighted by atomic mass is 16.5. The van der Waals surface area contributed by atoms with Gasteiger partial charge < -0.3 is 10.4 Å². The van der Waals surface area contributed by atoms with Crippen LogP contribution in [0.15, 0.2) is 77.5 Å². The first kappa shape index (κ1) is 13.4. The summed E-state index contributed by atoms with van der Waals surface area (Å²) in [6.45, 7) is 0. The van der Waals surface area contributed by atoms with Gasteiger partial charge in [0.2, 0.25) is 0 Å². The number of hydrogen-bond acceptors (Lipinski definition) is 4. The first-order valence-electron chi connectivity index (χ1n) is 6.89. The highest BCUT2D eigenvalue weighted by molar-refractivity contribution is 6.02. The van der Waals surface area contributed by atoms with Gasteiger partial charge in [0.05, 0.1) is 5.71 Å². The number of hydrazone groups is 1. The molecule has 1 heterocycles. The van der Waals surface area contributed by atoms with E-state index >= 15 is 0 Å². The van der Waals surface area contributed by atoms with Gasteiger partial charge in [0.15, 0.2) is 0 Å². The molecule has 0 spiro atoms. The molecule has 1 aliphatic heterocycles. The van der Waals surface area contributed by atoms with Crippen LogP contribution in [0.1, 0.15) is 11.1 Å². The van der Waals surface area contributed by atoms with Crippen LogP contribution in [-0.2, 0) is 12.8 Å². The largest absolute Gasteiger partial charge is 0.738 e. The van der Waals surface area contributed by atoms with Crippen molar-refractivity contribution in [1.82, 2.24) is 10.7 Å². The number of allylic oxidation sites excluding steroid dienone is 1. The van der Waals surface area contributed by atoms with Crippen molar-refractivity contribution in [2.45, 2.75) is 12.8 Å². The van der Waals surface area contributed by atoms with Crippen LogP contribution in [-0.4, -0.2) is 10.9 Å². The predicted octanol–water partition coefficient (Wildman–Crippen LogP) is 3.03. The first-order chi connectivity index (χ1) is 10.3. The van der Waals surface area contributed by atoms with Crippen LogP contribution >= 0.6 is 0 Å². The van der Waals surface area contributed by atoms with Crippen LogP contribution in [0.2, 0.25) is 0 Å². The van der Waals surface area contributed by atoms with E-state index in [0.29, 0.717) is 18.0 Å². The van der Waals surface area contributed by atoms with E-state index < -0.39 is 0 Å². The quantitative estimate of drug-likeness (QED) is 0.935. The molecule has 0 atom stereocenters. The van der Waals surface area contributed by atoms with E-state index in [2.05, 4.69) is 34.9 Å². The molecule has 21 heavy (non-hydrogen) atoms. The van der Waals surface area contributed by atoms with Crippen molar-refractivity contribution in [3.8, 4) is 0 Å². The molecule has 2 aromatic rings. The molecule has 4 heteroatoms. The molecule has 0 bridgehead atoms. The second-order valence-corrected chi connectivity index (χ2v) is 4.96. The summed E-state index contributed by atoms with van der Waals surface area (Å²) in [7, 11) is 0. The van der Waals surface area contributed by atoms with Crippen molar-refractivity contribution < 1.29 is 0 Å². The number of nitrogens with zero attached hydrogens (tertiary/aromatic N) is 2. The molecule has 0 aromatic heterocycles. The third-order valence-electron chi connectivity index (χ3n) is 3.38. The summed E-state index contributed by atoms with van der Waals surface area (Å²) in [5, 5.41) is 16.3. The highest BCUT2D eigenvalue weighted by Crippen LogP contribution is 2.16. The van der Waals surface area contributed by atoms with E-state index in [9.17, 15) is 5.21 Å². The second-order valence-electron chi connectivity index (χ2n) is 4.96. The van der Waals surface area contributed by atoms with E-state index in [-0.39, 0.29) is 0 Å². The molecule has 2 aromatic carbocycles. The molecule has 1 aliphatic rings. The Morgan fingerprint density at radius 1 is 0.857 bits per heavy atom. The van der Waals surface area contributed by atoms with Crippen molar-refractivity contribution >= 4 is 5.71 Å². The van der Waals surface area contributed by atoms with Gasteiger partial charge in [-0.25, -0.2) is 5.53 Å². The van der Waals surface area contributed by atoms with Crippen molar-refractivity contribution in [1.29, 1.82) is 0 Å². The Morgan fingerprint density at radius 3 is 2.05 bits per heavy atom. The summed E-state index contributed by atoms with van der Waals surface area (Å²) in [4.78, 5) is 0. The predicted molar refractivity (Wildman–Crippen MR) is 84.2 cm³/mol. The molecule has 3 rings (SSSR count). The lowest BCUT2D eigenvalue weighted by molar-refractivity contribution is 0.370. The topological polar surface area (TPSA) is 50.7 Å². The van der Waals surface area contributed by atoms with Crippen molar-refractivity contribution in [2.24, 2.45) is 5.10 Å². The molecule has 0 fully saturated rings. The van der Waals surface area contributed by atoms with E-state index in [1.165, 1.54) is 11.1 Å². The Bertz CT molecular complexity index is 650. The zero-order valence-corrected chi connectivity index (χ0v) is 11.6. The van der Waals surface area contributed by atoms with Crippen LogP contribution in [0.3, 0.4) is 0 Å². The number of hydroxylamine groups is 1. The summed E-state index contributed by atoms with van der Waals surface area (Å²) in [5.74, 6) is 0. The fourth-order valence-electron chi connectivity index (χ4n) is 2.33. The smallest absolute Gasteiger partial charge is 0.0716 e. The van der Waals surface area contributed by atoms with Crippen LogP contribution < -0.4 is 5.53 Å². The molecule has 0 amide bonds. The molecule has 4 nitrogen and oxygen atoms in total. The minimum absolute atomic E-state index is 0.646. The maximum atomic E-state index is 11.5. The van der Waals surface area contributed by atoms with Gasteiger partial charge in [-0.1, -0.05) is 60.7 Å². The normalized spacial score (nSPS) is 14.2. The number of hydrogen-bond donors (Lipinski definition) is 1. The molecule has 0 unspecified atom stereocenters. The average Bonchev–Trinajstić information content (AvgIpc) is 2.52. The zero-order chi connectivity index (χ0) is 14.5. The minimum Gasteiger partial charge on any atom is -0.738 e. The Kier molecular flexibility index (Phi) is 3.98. The lowest BCUT2D eigenvalue weighted by Crippen LogP contribution is -2.31. The third-order valence-corrected chi connectivity index (χ3v) is 3.38. The van der Waals surface area contributed by atoms with Gasteiger partial charge in [-0.15, -0.1) is 0 Å². The van der Waals surface area contributed by atoms with Gasteiger partial charge in [0.25, 0.3) is 0 Å². The Morgan fingerprint density at radius 2 is 1.43 bits per heavy atom. The average molecular weight is 278 g/mol. The summed E-state index contributed by atoms with van der Waals surface area (Å²) < 4.78 is 0. The van der Waals surface area contributed by atoms with Crippen LogP contribution in [0.4, 0.5) is 0 Å². The molecular formula is C17H16N3O-. The van der Waals surface area contributed by atoms with Crippen molar-refractivity contribution in [2.75, 3.05) is 0 Å². The number of hydrazine groups is 1. The Labute approximate surface area is 124 Å². The fraction of sp³-hybridized carbons (Fsp3) is 0.118. The highest BCUT2D eigenvalue weighted by Gasteiger charge is 2.13. The van der Waals surface area contributed by atoms with E-state index in [1.54, 1.807) is 6.20 Å². The number of benzene rings is 2. The van der Waals surface area contributed by atoms with Gasteiger partial charge in [-0.05, 0) is 16.7 Å². The van der Waals surface area contributed by atoms with Gasteiger partial charge in [0.1, 0.15) is 0 Å². The minimum atomic E-state index is 0.646. The maximum absolute atomic E-state index is 11.5. The molecule has 0 saturated carbocycles. The van der Waals surface area contributed by atoms with Gasteiger partial charge >= 0.3 is 0 Å². The van der Waals surface area contributed by atoms with Crippen molar-refractivity contribution in [3.63, 3.8) is 0 Å². The number of nitrogens with one attached hydrogen (secondary N) is 1. The summed E-state index contributed by atoms with van der Waals surface area (Å²) >= 11 is 0. The van der Waals surface area contributed by atoms with E-state index in [0.717, 1.165) is 11.3 Å². The van der Waals surface area contributed by atoms with Crippen LogP contribution in [0, 0.1) is 5.21 Å².